The van der Waals surface area contributed by atoms with Crippen molar-refractivity contribution in [2.75, 3.05) is 32.8 Å². The van der Waals surface area contributed by atoms with Crippen molar-refractivity contribution in [3.05, 3.63) is 29.3 Å². The molecule has 1 atom stereocenters. The van der Waals surface area contributed by atoms with Crippen LogP contribution in [0, 0.1) is 0 Å². The van der Waals surface area contributed by atoms with Gasteiger partial charge in [0.15, 0.2) is 5.60 Å². The highest BCUT2D eigenvalue weighted by Gasteiger charge is 2.37. The number of nitrogens with zero attached hydrogens (tertiary/aromatic N) is 2. The van der Waals surface area contributed by atoms with E-state index in [0.29, 0.717) is 43.6 Å². The summed E-state index contributed by atoms with van der Waals surface area (Å²) in [6, 6.07) is 6.95. The molecule has 2 saturated heterocycles. The molecule has 1 unspecified atom stereocenters. The second kappa shape index (κ2) is 7.84. The molecule has 2 heterocycles. The van der Waals surface area contributed by atoms with E-state index in [-0.39, 0.29) is 17.9 Å². The molecular formula is C19H25ClN2O4. The smallest absolute Gasteiger partial charge is 0.266 e. The maximum absolute atomic E-state index is 12.9. The quantitative estimate of drug-likeness (QED) is 0.804. The third-order valence-corrected chi connectivity index (χ3v) is 5.04. The van der Waals surface area contributed by atoms with Gasteiger partial charge in [-0.05, 0) is 51.0 Å². The van der Waals surface area contributed by atoms with Crippen LogP contribution >= 0.6 is 11.6 Å². The van der Waals surface area contributed by atoms with E-state index in [4.69, 9.17) is 21.1 Å². The summed E-state index contributed by atoms with van der Waals surface area (Å²) in [5, 5.41) is 0.619. The summed E-state index contributed by atoms with van der Waals surface area (Å²) in [7, 11) is 0. The predicted molar refractivity (Wildman–Crippen MR) is 98.3 cm³/mol. The zero-order valence-electron chi connectivity index (χ0n) is 15.2. The standard InChI is InChI=1S/C19H25ClN2O4/c1-19(2,26-15-7-5-14(20)6-8-15)18(24)22-11-9-21(10-12-22)17(23)16-4-3-13-25-16/h5-8,16H,3-4,9-13H2,1-2H3. The van der Waals surface area contributed by atoms with Crippen LogP contribution in [0.3, 0.4) is 0 Å². The van der Waals surface area contributed by atoms with Gasteiger partial charge in [-0.2, -0.15) is 0 Å². The zero-order chi connectivity index (χ0) is 18.7. The van der Waals surface area contributed by atoms with Gasteiger partial charge in [-0.25, -0.2) is 0 Å². The Morgan fingerprint density at radius 2 is 1.73 bits per heavy atom. The Morgan fingerprint density at radius 1 is 1.12 bits per heavy atom. The third-order valence-electron chi connectivity index (χ3n) is 4.79. The van der Waals surface area contributed by atoms with Gasteiger partial charge >= 0.3 is 0 Å². The molecule has 0 aliphatic carbocycles. The van der Waals surface area contributed by atoms with Crippen molar-refractivity contribution >= 4 is 23.4 Å². The van der Waals surface area contributed by atoms with Gasteiger partial charge < -0.3 is 19.3 Å². The van der Waals surface area contributed by atoms with Crippen LogP contribution in [0.25, 0.3) is 0 Å². The summed E-state index contributed by atoms with van der Waals surface area (Å²) >= 11 is 5.88. The van der Waals surface area contributed by atoms with Crippen molar-refractivity contribution in [3.63, 3.8) is 0 Å². The molecular weight excluding hydrogens is 356 g/mol. The van der Waals surface area contributed by atoms with Crippen LogP contribution in [0.15, 0.2) is 24.3 Å². The van der Waals surface area contributed by atoms with Gasteiger partial charge in [-0.1, -0.05) is 11.6 Å². The number of benzene rings is 1. The second-order valence-electron chi connectivity index (χ2n) is 7.19. The largest absolute Gasteiger partial charge is 0.478 e. The fourth-order valence-electron chi connectivity index (χ4n) is 3.33. The summed E-state index contributed by atoms with van der Waals surface area (Å²) in [6.07, 6.45) is 1.42. The van der Waals surface area contributed by atoms with E-state index in [0.717, 1.165) is 12.8 Å². The van der Waals surface area contributed by atoms with Crippen LogP contribution in [0.4, 0.5) is 0 Å². The van der Waals surface area contributed by atoms with Gasteiger partial charge in [0.2, 0.25) is 0 Å². The Kier molecular flexibility index (Phi) is 5.73. The first-order valence-electron chi connectivity index (χ1n) is 9.01. The van der Waals surface area contributed by atoms with E-state index >= 15 is 0 Å². The number of hydrogen-bond donors (Lipinski definition) is 0. The highest BCUT2D eigenvalue weighted by molar-refractivity contribution is 6.30. The number of amides is 2. The molecule has 0 spiro atoms. The summed E-state index contributed by atoms with van der Waals surface area (Å²) in [6.45, 7) is 6.24. The summed E-state index contributed by atoms with van der Waals surface area (Å²) < 4.78 is 11.3. The molecule has 1 aromatic rings. The molecule has 0 N–H and O–H groups in total. The first kappa shape index (κ1) is 19.0. The normalized spacial score (nSPS) is 21.0. The van der Waals surface area contributed by atoms with Gasteiger partial charge in [-0.15, -0.1) is 0 Å². The second-order valence-corrected chi connectivity index (χ2v) is 7.62. The van der Waals surface area contributed by atoms with Crippen LogP contribution in [0.5, 0.6) is 5.75 Å². The van der Waals surface area contributed by atoms with Crippen molar-refractivity contribution in [2.45, 2.75) is 38.4 Å². The average molecular weight is 381 g/mol. The highest BCUT2D eigenvalue weighted by atomic mass is 35.5. The summed E-state index contributed by atoms with van der Waals surface area (Å²) in [4.78, 5) is 28.8. The number of ether oxygens (including phenoxy) is 2. The van der Waals surface area contributed by atoms with Crippen molar-refractivity contribution in [1.29, 1.82) is 0 Å². The minimum atomic E-state index is -0.991. The summed E-state index contributed by atoms with van der Waals surface area (Å²) in [5.74, 6) is 0.558. The van der Waals surface area contributed by atoms with Crippen LogP contribution in [0.1, 0.15) is 26.7 Å². The summed E-state index contributed by atoms with van der Waals surface area (Å²) in [5.41, 5.74) is -0.991. The molecule has 2 amide bonds. The Labute approximate surface area is 159 Å². The molecule has 142 valence electrons. The Balaban J connectivity index is 1.55. The molecule has 0 bridgehead atoms. The first-order chi connectivity index (χ1) is 12.4. The van der Waals surface area contributed by atoms with Crippen molar-refractivity contribution in [3.8, 4) is 5.75 Å². The monoisotopic (exact) mass is 380 g/mol. The molecule has 1 aromatic carbocycles. The number of rotatable bonds is 4. The van der Waals surface area contributed by atoms with E-state index < -0.39 is 5.60 Å². The SMILES string of the molecule is CC(C)(Oc1ccc(Cl)cc1)C(=O)N1CCN(C(=O)C2CCCO2)CC1. The fraction of sp³-hybridized carbons (Fsp3) is 0.579. The lowest BCUT2D eigenvalue weighted by atomic mass is 10.1. The number of halogens is 1. The number of piperazine rings is 1. The van der Waals surface area contributed by atoms with E-state index in [9.17, 15) is 9.59 Å². The third kappa shape index (κ3) is 4.30. The van der Waals surface area contributed by atoms with E-state index in [1.807, 2.05) is 0 Å². The number of carbonyl (C=O) groups excluding carboxylic acids is 2. The van der Waals surface area contributed by atoms with E-state index in [1.54, 1.807) is 47.9 Å². The molecule has 0 saturated carbocycles. The number of hydrogen-bond acceptors (Lipinski definition) is 4. The molecule has 2 aliphatic heterocycles. The minimum absolute atomic E-state index is 0.0475. The lowest BCUT2D eigenvalue weighted by Gasteiger charge is -2.39. The van der Waals surface area contributed by atoms with Crippen molar-refractivity contribution < 1.29 is 19.1 Å². The molecule has 3 rings (SSSR count). The lowest BCUT2D eigenvalue weighted by Crippen LogP contribution is -2.57. The van der Waals surface area contributed by atoms with Gasteiger partial charge in [-0.3, -0.25) is 9.59 Å². The maximum Gasteiger partial charge on any atom is 0.266 e. The van der Waals surface area contributed by atoms with Gasteiger partial charge in [0.1, 0.15) is 11.9 Å². The van der Waals surface area contributed by atoms with Gasteiger partial charge in [0.25, 0.3) is 11.8 Å². The molecule has 2 aliphatic rings. The highest BCUT2D eigenvalue weighted by Crippen LogP contribution is 2.23. The minimum Gasteiger partial charge on any atom is -0.478 e. The Morgan fingerprint density at radius 3 is 2.31 bits per heavy atom. The predicted octanol–water partition coefficient (Wildman–Crippen LogP) is 2.35. The van der Waals surface area contributed by atoms with E-state index in [1.165, 1.54) is 0 Å². The van der Waals surface area contributed by atoms with Gasteiger partial charge in [0.05, 0.1) is 0 Å². The zero-order valence-corrected chi connectivity index (χ0v) is 16.0. The topological polar surface area (TPSA) is 59.1 Å². The van der Waals surface area contributed by atoms with Crippen molar-refractivity contribution in [2.24, 2.45) is 0 Å². The molecule has 6 nitrogen and oxygen atoms in total. The number of carbonyl (C=O) groups is 2. The molecule has 0 aromatic heterocycles. The van der Waals surface area contributed by atoms with E-state index in [2.05, 4.69) is 0 Å². The molecule has 26 heavy (non-hydrogen) atoms. The average Bonchev–Trinajstić information content (AvgIpc) is 3.17. The molecule has 2 fully saturated rings. The molecule has 7 heteroatoms. The Hall–Kier alpha value is -1.79. The van der Waals surface area contributed by atoms with Crippen LogP contribution in [0.2, 0.25) is 5.02 Å². The van der Waals surface area contributed by atoms with Crippen molar-refractivity contribution in [1.82, 2.24) is 9.80 Å². The molecule has 0 radical (unpaired) electrons. The Bertz CT molecular complexity index is 648. The maximum atomic E-state index is 12.9. The fourth-order valence-corrected chi connectivity index (χ4v) is 3.45. The van der Waals surface area contributed by atoms with Gasteiger partial charge in [0, 0.05) is 37.8 Å². The van der Waals surface area contributed by atoms with Crippen LogP contribution in [-0.2, 0) is 14.3 Å². The lowest BCUT2D eigenvalue weighted by molar-refractivity contribution is -0.152. The van der Waals surface area contributed by atoms with Crippen LogP contribution < -0.4 is 4.74 Å². The first-order valence-corrected chi connectivity index (χ1v) is 9.39. The van der Waals surface area contributed by atoms with Crippen LogP contribution in [-0.4, -0.2) is 66.1 Å².